The highest BCUT2D eigenvalue weighted by molar-refractivity contribution is 5.91. The molecule has 1 aromatic carbocycles. The van der Waals surface area contributed by atoms with Crippen molar-refractivity contribution in [3.05, 3.63) is 54.1 Å². The molecule has 8 nitrogen and oxygen atoms in total. The van der Waals surface area contributed by atoms with Crippen LogP contribution in [0.2, 0.25) is 0 Å². The molecule has 1 amide bonds. The number of carbonyl (C=O) groups is 1. The van der Waals surface area contributed by atoms with E-state index in [-0.39, 0.29) is 5.91 Å². The Morgan fingerprint density at radius 3 is 2.74 bits per heavy atom. The number of carbonyl (C=O) groups excluding carboxylic acids is 1. The second-order valence-electron chi connectivity index (χ2n) is 4.98. The van der Waals surface area contributed by atoms with Crippen molar-refractivity contribution in [1.82, 2.24) is 30.1 Å². The summed E-state index contributed by atoms with van der Waals surface area (Å²) >= 11 is 0. The van der Waals surface area contributed by atoms with Gasteiger partial charge in [0.1, 0.15) is 17.1 Å². The van der Waals surface area contributed by atoms with Gasteiger partial charge in [-0.3, -0.25) is 9.89 Å². The second kappa shape index (κ2) is 6.30. The van der Waals surface area contributed by atoms with Crippen LogP contribution in [0.15, 0.2) is 42.7 Å². The lowest BCUT2D eigenvalue weighted by molar-refractivity contribution is 0.0777. The summed E-state index contributed by atoms with van der Waals surface area (Å²) in [7, 11) is 3.32. The molecule has 0 spiro atoms. The number of hydrogen-bond donors (Lipinski definition) is 1. The maximum Gasteiger partial charge on any atom is 0.271 e. The fraction of sp³-hybridized carbons (Fsp3) is 0.200. The first-order valence-electron chi connectivity index (χ1n) is 6.98. The number of nitrogens with one attached hydrogen (secondary N) is 1. The molecule has 0 unspecified atom stereocenters. The van der Waals surface area contributed by atoms with Crippen molar-refractivity contribution in [2.24, 2.45) is 0 Å². The molecule has 0 bridgehead atoms. The molecule has 23 heavy (non-hydrogen) atoms. The first kappa shape index (κ1) is 14.8. The van der Waals surface area contributed by atoms with Crippen LogP contribution in [0.4, 0.5) is 0 Å². The summed E-state index contributed by atoms with van der Waals surface area (Å²) in [5.74, 6) is 0.625. The monoisotopic (exact) mass is 312 g/mol. The molecule has 1 N–H and O–H groups in total. The normalized spacial score (nSPS) is 10.5. The Morgan fingerprint density at radius 1 is 1.30 bits per heavy atom. The van der Waals surface area contributed by atoms with Gasteiger partial charge in [-0.2, -0.15) is 5.10 Å². The number of aromatic amines is 1. The van der Waals surface area contributed by atoms with E-state index >= 15 is 0 Å². The molecule has 0 aliphatic heterocycles. The minimum atomic E-state index is -0.151. The van der Waals surface area contributed by atoms with E-state index < -0.39 is 0 Å². The van der Waals surface area contributed by atoms with Crippen LogP contribution < -0.4 is 4.74 Å². The average molecular weight is 312 g/mol. The molecule has 118 valence electrons. The molecule has 2 aromatic heterocycles. The van der Waals surface area contributed by atoms with Crippen molar-refractivity contribution in [2.75, 3.05) is 14.2 Å². The van der Waals surface area contributed by atoms with Gasteiger partial charge in [0.15, 0.2) is 0 Å². The van der Waals surface area contributed by atoms with Gasteiger partial charge in [-0.25, -0.2) is 4.68 Å². The zero-order valence-corrected chi connectivity index (χ0v) is 12.8. The van der Waals surface area contributed by atoms with Crippen molar-refractivity contribution in [3.8, 4) is 11.4 Å². The molecule has 8 heteroatoms. The molecule has 0 aliphatic rings. The third-order valence-electron chi connectivity index (χ3n) is 3.35. The van der Waals surface area contributed by atoms with Gasteiger partial charge in [-0.05, 0) is 30.3 Å². The van der Waals surface area contributed by atoms with Gasteiger partial charge in [0.05, 0.1) is 25.5 Å². The van der Waals surface area contributed by atoms with Gasteiger partial charge in [0.25, 0.3) is 5.91 Å². The van der Waals surface area contributed by atoms with Crippen molar-refractivity contribution >= 4 is 5.91 Å². The van der Waals surface area contributed by atoms with E-state index in [4.69, 9.17) is 4.74 Å². The first-order chi connectivity index (χ1) is 11.2. The van der Waals surface area contributed by atoms with Crippen LogP contribution in [0.5, 0.6) is 5.75 Å². The van der Waals surface area contributed by atoms with Crippen LogP contribution in [-0.2, 0) is 6.54 Å². The van der Waals surface area contributed by atoms with Crippen molar-refractivity contribution < 1.29 is 9.53 Å². The summed E-state index contributed by atoms with van der Waals surface area (Å²) < 4.78 is 6.78. The van der Waals surface area contributed by atoms with Crippen molar-refractivity contribution in [3.63, 3.8) is 0 Å². The van der Waals surface area contributed by atoms with Crippen LogP contribution in [0.1, 0.15) is 16.2 Å². The molecule has 0 saturated carbocycles. The summed E-state index contributed by atoms with van der Waals surface area (Å²) in [6.45, 7) is 0.355. The van der Waals surface area contributed by atoms with Crippen LogP contribution in [0.25, 0.3) is 5.69 Å². The van der Waals surface area contributed by atoms with Gasteiger partial charge in [0.2, 0.25) is 0 Å². The number of aromatic nitrogens is 5. The van der Waals surface area contributed by atoms with Crippen LogP contribution in [0, 0.1) is 0 Å². The number of methoxy groups -OCH3 is 1. The highest BCUT2D eigenvalue weighted by Crippen LogP contribution is 2.14. The molecular weight excluding hydrogens is 296 g/mol. The van der Waals surface area contributed by atoms with Gasteiger partial charge in [-0.1, -0.05) is 5.21 Å². The number of hydrogen-bond acceptors (Lipinski definition) is 5. The largest absolute Gasteiger partial charge is 0.497 e. The van der Waals surface area contributed by atoms with Crippen LogP contribution in [-0.4, -0.2) is 50.2 Å². The molecule has 0 fully saturated rings. The van der Waals surface area contributed by atoms with E-state index in [1.807, 2.05) is 24.3 Å². The molecule has 0 atom stereocenters. The Kier molecular flexibility index (Phi) is 4.05. The standard InChI is InChI=1S/C15H16N6O2/c1-20(15(22)14-7-8-16-18-14)9-11-10-21(19-17-11)12-3-5-13(23-2)6-4-12/h3-8,10H,9H2,1-2H3,(H,16,18). The summed E-state index contributed by atoms with van der Waals surface area (Å²) in [5, 5.41) is 14.6. The lowest BCUT2D eigenvalue weighted by atomic mass is 10.3. The Labute approximate surface area is 132 Å². The zero-order valence-electron chi connectivity index (χ0n) is 12.8. The van der Waals surface area contributed by atoms with Crippen molar-refractivity contribution in [2.45, 2.75) is 6.54 Å². The number of amides is 1. The first-order valence-corrected chi connectivity index (χ1v) is 6.98. The van der Waals surface area contributed by atoms with Crippen LogP contribution >= 0.6 is 0 Å². The predicted molar refractivity (Wildman–Crippen MR) is 82.3 cm³/mol. The topological polar surface area (TPSA) is 88.9 Å². The van der Waals surface area contributed by atoms with Gasteiger partial charge in [0, 0.05) is 13.2 Å². The van der Waals surface area contributed by atoms with Gasteiger partial charge < -0.3 is 9.64 Å². The third kappa shape index (κ3) is 3.20. The molecule has 2 heterocycles. The highest BCUT2D eigenvalue weighted by atomic mass is 16.5. The Bertz CT molecular complexity index is 779. The summed E-state index contributed by atoms with van der Waals surface area (Å²) in [6.07, 6.45) is 3.33. The van der Waals surface area contributed by atoms with Crippen molar-refractivity contribution in [1.29, 1.82) is 0 Å². The van der Waals surface area contributed by atoms with E-state index in [9.17, 15) is 4.79 Å². The minimum absolute atomic E-state index is 0.151. The molecule has 0 saturated heterocycles. The number of ether oxygens (including phenoxy) is 1. The summed E-state index contributed by atoms with van der Waals surface area (Å²) in [5.41, 5.74) is 2.00. The lowest BCUT2D eigenvalue weighted by Crippen LogP contribution is -2.26. The van der Waals surface area contributed by atoms with Gasteiger partial charge >= 0.3 is 0 Å². The number of nitrogens with zero attached hydrogens (tertiary/aromatic N) is 5. The van der Waals surface area contributed by atoms with E-state index in [0.717, 1.165) is 11.4 Å². The zero-order chi connectivity index (χ0) is 16.2. The maximum absolute atomic E-state index is 12.1. The third-order valence-corrected chi connectivity index (χ3v) is 3.35. The Morgan fingerprint density at radius 2 is 2.09 bits per heavy atom. The molecule has 0 aliphatic carbocycles. The average Bonchev–Trinajstić information content (AvgIpc) is 3.26. The molecule has 3 rings (SSSR count). The maximum atomic E-state index is 12.1. The lowest BCUT2D eigenvalue weighted by Gasteiger charge is -2.13. The summed E-state index contributed by atoms with van der Waals surface area (Å²) in [6, 6.07) is 9.11. The van der Waals surface area contributed by atoms with Gasteiger partial charge in [-0.15, -0.1) is 5.10 Å². The second-order valence-corrected chi connectivity index (χ2v) is 4.98. The van der Waals surface area contributed by atoms with E-state index in [0.29, 0.717) is 17.9 Å². The van der Waals surface area contributed by atoms with E-state index in [2.05, 4.69) is 20.5 Å². The number of rotatable bonds is 5. The predicted octanol–water partition coefficient (Wildman–Crippen LogP) is 1.27. The molecule has 0 radical (unpaired) electrons. The summed E-state index contributed by atoms with van der Waals surface area (Å²) in [4.78, 5) is 13.7. The number of H-pyrrole nitrogens is 1. The fourth-order valence-electron chi connectivity index (χ4n) is 2.13. The highest BCUT2D eigenvalue weighted by Gasteiger charge is 2.14. The quantitative estimate of drug-likeness (QED) is 0.766. The SMILES string of the molecule is COc1ccc(-n2cc(CN(C)C(=O)c3ccn[nH]3)nn2)cc1. The molecular formula is C15H16N6O2. The number of benzene rings is 1. The Hall–Kier alpha value is -3.16. The fourth-order valence-corrected chi connectivity index (χ4v) is 2.13. The minimum Gasteiger partial charge on any atom is -0.497 e. The van der Waals surface area contributed by atoms with Crippen LogP contribution in [0.3, 0.4) is 0 Å². The smallest absolute Gasteiger partial charge is 0.271 e. The Balaban J connectivity index is 1.70. The molecule has 3 aromatic rings. The van der Waals surface area contributed by atoms with E-state index in [1.165, 1.54) is 0 Å². The van der Waals surface area contributed by atoms with E-state index in [1.54, 1.807) is 42.2 Å².